The lowest BCUT2D eigenvalue weighted by Gasteiger charge is -2.33. The first-order chi connectivity index (χ1) is 14.4. The molecular formula is C24H21ClN2O3. The Labute approximate surface area is 180 Å². The quantitative estimate of drug-likeness (QED) is 0.629. The van der Waals surface area contributed by atoms with Crippen LogP contribution < -0.4 is 15.0 Å². The van der Waals surface area contributed by atoms with Gasteiger partial charge in [-0.2, -0.15) is 0 Å². The maximum atomic E-state index is 12.9. The smallest absolute Gasteiger partial charge is 0.268 e. The van der Waals surface area contributed by atoms with E-state index < -0.39 is 6.10 Å². The van der Waals surface area contributed by atoms with Gasteiger partial charge in [-0.05, 0) is 55.8 Å². The monoisotopic (exact) mass is 420 g/mol. The summed E-state index contributed by atoms with van der Waals surface area (Å²) in [4.78, 5) is 27.1. The van der Waals surface area contributed by atoms with Crippen molar-refractivity contribution >= 4 is 34.8 Å². The van der Waals surface area contributed by atoms with Crippen molar-refractivity contribution in [2.75, 3.05) is 10.2 Å². The lowest BCUT2D eigenvalue weighted by Crippen LogP contribution is -2.44. The number of carbonyl (C=O) groups excluding carboxylic acids is 2. The average Bonchev–Trinajstić information content (AvgIpc) is 2.73. The molecular weight excluding hydrogens is 400 g/mol. The molecule has 3 aromatic carbocycles. The predicted octanol–water partition coefficient (Wildman–Crippen LogP) is 5.21. The minimum absolute atomic E-state index is 0.163. The first-order valence-corrected chi connectivity index (χ1v) is 10.0. The third-order valence-corrected chi connectivity index (χ3v) is 5.39. The molecule has 0 bridgehead atoms. The second kappa shape index (κ2) is 8.20. The van der Waals surface area contributed by atoms with Gasteiger partial charge in [0.15, 0.2) is 6.10 Å². The van der Waals surface area contributed by atoms with E-state index in [0.717, 1.165) is 11.1 Å². The van der Waals surface area contributed by atoms with E-state index in [2.05, 4.69) is 5.32 Å². The van der Waals surface area contributed by atoms with Crippen LogP contribution in [0, 0.1) is 6.92 Å². The highest BCUT2D eigenvalue weighted by atomic mass is 35.5. The summed E-state index contributed by atoms with van der Waals surface area (Å²) in [5, 5.41) is 3.48. The van der Waals surface area contributed by atoms with Gasteiger partial charge in [0.25, 0.3) is 11.8 Å². The fourth-order valence-electron chi connectivity index (χ4n) is 3.35. The maximum absolute atomic E-state index is 12.9. The van der Waals surface area contributed by atoms with Crippen molar-refractivity contribution in [1.82, 2.24) is 0 Å². The summed E-state index contributed by atoms with van der Waals surface area (Å²) in [6.45, 7) is 4.00. The van der Waals surface area contributed by atoms with Crippen molar-refractivity contribution < 1.29 is 14.3 Å². The zero-order valence-corrected chi connectivity index (χ0v) is 17.4. The molecule has 0 fully saturated rings. The lowest BCUT2D eigenvalue weighted by molar-refractivity contribution is -0.125. The van der Waals surface area contributed by atoms with Crippen molar-refractivity contribution in [3.05, 3.63) is 88.4 Å². The van der Waals surface area contributed by atoms with Crippen LogP contribution in [0.15, 0.2) is 66.7 Å². The number of rotatable bonds is 4. The van der Waals surface area contributed by atoms with E-state index >= 15 is 0 Å². The van der Waals surface area contributed by atoms with Gasteiger partial charge in [0.05, 0.1) is 12.2 Å². The van der Waals surface area contributed by atoms with Crippen LogP contribution in [-0.2, 0) is 11.3 Å². The molecule has 0 saturated heterocycles. The molecule has 0 aromatic heterocycles. The molecule has 0 radical (unpaired) electrons. The zero-order chi connectivity index (χ0) is 21.3. The Bertz CT molecular complexity index is 1110. The molecule has 1 aliphatic rings. The average molecular weight is 421 g/mol. The van der Waals surface area contributed by atoms with Crippen molar-refractivity contribution in [1.29, 1.82) is 0 Å². The molecule has 30 heavy (non-hydrogen) atoms. The van der Waals surface area contributed by atoms with E-state index in [-0.39, 0.29) is 11.8 Å². The topological polar surface area (TPSA) is 58.6 Å². The number of anilines is 2. The summed E-state index contributed by atoms with van der Waals surface area (Å²) in [6, 6.07) is 20.0. The predicted molar refractivity (Wildman–Crippen MR) is 118 cm³/mol. The van der Waals surface area contributed by atoms with Crippen LogP contribution in [0.5, 0.6) is 5.75 Å². The fourth-order valence-corrected chi connectivity index (χ4v) is 3.55. The van der Waals surface area contributed by atoms with Crippen molar-refractivity contribution in [3.8, 4) is 5.75 Å². The number of aryl methyl sites for hydroxylation is 1. The Morgan fingerprint density at radius 1 is 1.10 bits per heavy atom. The van der Waals surface area contributed by atoms with E-state index in [9.17, 15) is 9.59 Å². The van der Waals surface area contributed by atoms with E-state index in [1.165, 1.54) is 0 Å². The molecule has 0 spiro atoms. The van der Waals surface area contributed by atoms with Gasteiger partial charge in [0.1, 0.15) is 5.75 Å². The summed E-state index contributed by atoms with van der Waals surface area (Å²) in [5.74, 6) is 0.205. The Kier molecular flexibility index (Phi) is 5.46. The molecule has 3 aromatic rings. The summed E-state index contributed by atoms with van der Waals surface area (Å²) >= 11 is 6.31. The molecule has 1 aliphatic heterocycles. The molecule has 1 heterocycles. The maximum Gasteiger partial charge on any atom is 0.268 e. The van der Waals surface area contributed by atoms with Gasteiger partial charge in [-0.25, -0.2) is 0 Å². The van der Waals surface area contributed by atoms with Crippen LogP contribution in [0.25, 0.3) is 0 Å². The van der Waals surface area contributed by atoms with Crippen molar-refractivity contribution in [3.63, 3.8) is 0 Å². The highest BCUT2D eigenvalue weighted by Crippen LogP contribution is 2.38. The van der Waals surface area contributed by atoms with Gasteiger partial charge in [-0.3, -0.25) is 9.59 Å². The Hall–Kier alpha value is -3.31. The van der Waals surface area contributed by atoms with Gasteiger partial charge < -0.3 is 15.0 Å². The molecule has 0 aliphatic carbocycles. The van der Waals surface area contributed by atoms with E-state index in [4.69, 9.17) is 16.3 Å². The van der Waals surface area contributed by atoms with Crippen LogP contribution in [0.4, 0.5) is 11.4 Å². The summed E-state index contributed by atoms with van der Waals surface area (Å²) < 4.78 is 5.76. The number of nitrogens with zero attached hydrogens (tertiary/aromatic N) is 1. The molecule has 1 atom stereocenters. The summed E-state index contributed by atoms with van der Waals surface area (Å²) in [5.41, 5.74) is 3.66. The number of fused-ring (bicyclic) bond motifs is 1. The number of benzene rings is 3. The molecule has 5 nitrogen and oxygen atoms in total. The van der Waals surface area contributed by atoms with Crippen LogP contribution in [-0.4, -0.2) is 17.9 Å². The molecule has 1 N–H and O–H groups in total. The first kappa shape index (κ1) is 20.0. The molecule has 0 saturated carbocycles. The number of amides is 2. The number of hydrogen-bond acceptors (Lipinski definition) is 3. The van der Waals surface area contributed by atoms with Crippen molar-refractivity contribution in [2.45, 2.75) is 26.5 Å². The molecule has 152 valence electrons. The molecule has 4 rings (SSSR count). The van der Waals surface area contributed by atoms with Gasteiger partial charge in [-0.15, -0.1) is 0 Å². The third kappa shape index (κ3) is 4.02. The van der Waals surface area contributed by atoms with E-state index in [1.54, 1.807) is 48.2 Å². The Balaban J connectivity index is 1.64. The number of halogens is 1. The molecule has 1 unspecified atom stereocenters. The second-order valence-electron chi connectivity index (χ2n) is 7.28. The lowest BCUT2D eigenvalue weighted by atomic mass is 10.1. The Morgan fingerprint density at radius 2 is 1.83 bits per heavy atom. The molecule has 6 heteroatoms. The van der Waals surface area contributed by atoms with Gasteiger partial charge in [0.2, 0.25) is 0 Å². The largest absolute Gasteiger partial charge is 0.479 e. The summed E-state index contributed by atoms with van der Waals surface area (Å²) in [6.07, 6.45) is -0.604. The normalized spacial score (nSPS) is 15.4. The number of carbonyl (C=O) groups is 2. The standard InChI is InChI=1S/C24H21ClN2O3/c1-15-7-9-17(10-8-15)23(28)26-19-11-12-22-21(13-19)27(24(29)16(2)30-22)14-18-5-3-4-6-20(18)25/h3-13,16H,14H2,1-2H3,(H,26,28). The number of hydrogen-bond donors (Lipinski definition) is 1. The van der Waals surface area contributed by atoms with Crippen LogP contribution in [0.2, 0.25) is 5.02 Å². The van der Waals surface area contributed by atoms with Gasteiger partial charge >= 0.3 is 0 Å². The SMILES string of the molecule is Cc1ccc(C(=O)Nc2ccc3c(c2)N(Cc2ccccc2Cl)C(=O)C(C)O3)cc1. The molecule has 2 amide bonds. The zero-order valence-electron chi connectivity index (χ0n) is 16.7. The fraction of sp³-hybridized carbons (Fsp3) is 0.167. The van der Waals surface area contributed by atoms with E-state index in [1.807, 2.05) is 37.3 Å². The second-order valence-corrected chi connectivity index (χ2v) is 7.69. The van der Waals surface area contributed by atoms with Crippen LogP contribution >= 0.6 is 11.6 Å². The number of nitrogens with one attached hydrogen (secondary N) is 1. The highest BCUT2D eigenvalue weighted by molar-refractivity contribution is 6.31. The van der Waals surface area contributed by atoms with Crippen LogP contribution in [0.1, 0.15) is 28.4 Å². The third-order valence-electron chi connectivity index (χ3n) is 5.03. The minimum Gasteiger partial charge on any atom is -0.479 e. The van der Waals surface area contributed by atoms with Crippen molar-refractivity contribution in [2.24, 2.45) is 0 Å². The highest BCUT2D eigenvalue weighted by Gasteiger charge is 2.32. The Morgan fingerprint density at radius 3 is 2.57 bits per heavy atom. The van der Waals surface area contributed by atoms with E-state index in [0.29, 0.717) is 34.3 Å². The van der Waals surface area contributed by atoms with Gasteiger partial charge in [-0.1, -0.05) is 47.5 Å². The van der Waals surface area contributed by atoms with Crippen LogP contribution in [0.3, 0.4) is 0 Å². The number of ether oxygens (including phenoxy) is 1. The van der Waals surface area contributed by atoms with Gasteiger partial charge in [0, 0.05) is 16.3 Å². The minimum atomic E-state index is -0.604. The summed E-state index contributed by atoms with van der Waals surface area (Å²) in [7, 11) is 0. The first-order valence-electron chi connectivity index (χ1n) is 9.66.